The van der Waals surface area contributed by atoms with Crippen molar-refractivity contribution >= 4 is 31.9 Å². The van der Waals surface area contributed by atoms with Crippen molar-refractivity contribution in [2.45, 2.75) is 18.2 Å². The molecule has 8 heteroatoms. The summed E-state index contributed by atoms with van der Waals surface area (Å²) in [5, 5.41) is 8.89. The molecule has 6 nitrogen and oxygen atoms in total. The van der Waals surface area contributed by atoms with E-state index in [1.807, 2.05) is 17.7 Å². The number of aryl methyl sites for hydroxylation is 1. The van der Waals surface area contributed by atoms with Crippen molar-refractivity contribution in [2.24, 2.45) is 0 Å². The monoisotopic (exact) mass is 393 g/mol. The first-order chi connectivity index (χ1) is 10.8. The number of hydrogen-bond donors (Lipinski definition) is 1. The van der Waals surface area contributed by atoms with Crippen LogP contribution in [0.25, 0.3) is 0 Å². The largest absolute Gasteiger partial charge is 0.274 e. The Morgan fingerprint density at radius 3 is 2.70 bits per heavy atom. The fourth-order valence-electron chi connectivity index (χ4n) is 1.82. The van der Waals surface area contributed by atoms with Crippen molar-refractivity contribution < 1.29 is 13.2 Å². The van der Waals surface area contributed by atoms with Crippen molar-refractivity contribution in [1.82, 2.24) is 9.71 Å². The Bertz CT molecular complexity index is 887. The van der Waals surface area contributed by atoms with Gasteiger partial charge in [-0.25, -0.2) is 13.1 Å². The summed E-state index contributed by atoms with van der Waals surface area (Å²) in [4.78, 5) is 15.8. The number of carbonyl (C=O) groups is 1. The molecule has 0 unspecified atom stereocenters. The van der Waals surface area contributed by atoms with Gasteiger partial charge in [0.1, 0.15) is 0 Å². The first-order valence-electron chi connectivity index (χ1n) is 6.48. The van der Waals surface area contributed by atoms with Gasteiger partial charge in [-0.3, -0.25) is 9.78 Å². The number of amides is 1. The smallest absolute Gasteiger partial charge is 0.264 e. The number of hydrogen-bond acceptors (Lipinski definition) is 5. The third kappa shape index (κ3) is 4.61. The summed E-state index contributed by atoms with van der Waals surface area (Å²) < 4.78 is 26.9. The topological polar surface area (TPSA) is 99.9 Å². The van der Waals surface area contributed by atoms with E-state index < -0.39 is 15.9 Å². The van der Waals surface area contributed by atoms with Crippen LogP contribution < -0.4 is 4.72 Å². The number of benzene rings is 1. The molecule has 0 atom stereocenters. The van der Waals surface area contributed by atoms with Gasteiger partial charge in [-0.2, -0.15) is 5.26 Å². The summed E-state index contributed by atoms with van der Waals surface area (Å²) in [6, 6.07) is 9.32. The zero-order valence-corrected chi connectivity index (χ0v) is 14.5. The first-order valence-corrected chi connectivity index (χ1v) is 8.75. The van der Waals surface area contributed by atoms with Gasteiger partial charge < -0.3 is 0 Å². The molecule has 0 saturated heterocycles. The van der Waals surface area contributed by atoms with Gasteiger partial charge in [0.2, 0.25) is 5.91 Å². The molecule has 118 valence electrons. The average molecular weight is 394 g/mol. The lowest BCUT2D eigenvalue weighted by atomic mass is 10.2. The molecule has 0 aliphatic carbocycles. The molecule has 1 amide bonds. The third-order valence-corrected chi connectivity index (χ3v) is 4.71. The van der Waals surface area contributed by atoms with Crippen LogP contribution in [0.1, 0.15) is 16.8 Å². The molecule has 0 fully saturated rings. The molecule has 0 aliphatic heterocycles. The molecule has 2 aromatic rings. The van der Waals surface area contributed by atoms with Crippen molar-refractivity contribution in [1.29, 1.82) is 5.26 Å². The number of halogens is 1. The second-order valence-corrected chi connectivity index (χ2v) is 7.40. The number of pyridine rings is 1. The summed E-state index contributed by atoms with van der Waals surface area (Å²) >= 11 is 3.14. The minimum Gasteiger partial charge on any atom is -0.274 e. The van der Waals surface area contributed by atoms with Gasteiger partial charge in [-0.15, -0.1) is 0 Å². The maximum Gasteiger partial charge on any atom is 0.264 e. The number of aromatic nitrogens is 1. The Morgan fingerprint density at radius 1 is 1.35 bits per heavy atom. The Balaban J connectivity index is 2.17. The van der Waals surface area contributed by atoms with Crippen LogP contribution in [0.15, 0.2) is 45.9 Å². The molecule has 1 heterocycles. The van der Waals surface area contributed by atoms with E-state index in [-0.39, 0.29) is 16.9 Å². The minimum absolute atomic E-state index is 0.106. The fourth-order valence-corrected chi connectivity index (χ4v) is 3.51. The van der Waals surface area contributed by atoms with Crippen LogP contribution in [-0.4, -0.2) is 19.3 Å². The molecule has 0 radical (unpaired) electrons. The first kappa shape index (κ1) is 17.1. The van der Waals surface area contributed by atoms with Gasteiger partial charge in [-0.1, -0.05) is 22.0 Å². The van der Waals surface area contributed by atoms with Crippen LogP contribution in [0, 0.1) is 18.3 Å². The predicted octanol–water partition coefficient (Wildman–Crippen LogP) is 2.07. The van der Waals surface area contributed by atoms with Crippen molar-refractivity contribution in [3.63, 3.8) is 0 Å². The van der Waals surface area contributed by atoms with Gasteiger partial charge in [0, 0.05) is 16.4 Å². The third-order valence-electron chi connectivity index (χ3n) is 2.90. The van der Waals surface area contributed by atoms with E-state index in [2.05, 4.69) is 20.9 Å². The van der Waals surface area contributed by atoms with Gasteiger partial charge >= 0.3 is 0 Å². The van der Waals surface area contributed by atoms with Crippen LogP contribution >= 0.6 is 15.9 Å². The lowest BCUT2D eigenvalue weighted by Gasteiger charge is -2.08. The number of nitrogens with one attached hydrogen (secondary N) is 1. The summed E-state index contributed by atoms with van der Waals surface area (Å²) in [5.41, 5.74) is 1.59. The van der Waals surface area contributed by atoms with Gasteiger partial charge in [0.15, 0.2) is 0 Å². The quantitative estimate of drug-likeness (QED) is 0.856. The molecular formula is C15H12BrN3O3S. The van der Waals surface area contributed by atoms with E-state index in [0.717, 1.165) is 5.69 Å². The van der Waals surface area contributed by atoms with Crippen LogP contribution in [0.3, 0.4) is 0 Å². The second-order valence-electron chi connectivity index (χ2n) is 4.80. The van der Waals surface area contributed by atoms with Gasteiger partial charge in [0.05, 0.1) is 22.9 Å². The van der Waals surface area contributed by atoms with E-state index in [1.54, 1.807) is 12.1 Å². The van der Waals surface area contributed by atoms with Gasteiger partial charge in [0.25, 0.3) is 10.0 Å². The Morgan fingerprint density at radius 2 is 2.09 bits per heavy atom. The lowest BCUT2D eigenvalue weighted by Crippen LogP contribution is -2.31. The summed E-state index contributed by atoms with van der Waals surface area (Å²) in [6.07, 6.45) is 1.42. The highest BCUT2D eigenvalue weighted by Gasteiger charge is 2.19. The number of nitrogens with zero attached hydrogens (tertiary/aromatic N) is 2. The number of sulfonamides is 1. The molecule has 1 aromatic carbocycles. The normalized spacial score (nSPS) is 10.8. The maximum atomic E-state index is 12.2. The number of rotatable bonds is 4. The van der Waals surface area contributed by atoms with Crippen LogP contribution in [0.2, 0.25) is 0 Å². The Hall–Kier alpha value is -2.24. The highest BCUT2D eigenvalue weighted by atomic mass is 79.9. The SMILES string of the molecule is Cc1ccc(CC(=O)NS(=O)(=O)c2cc(Br)cc(C#N)c2)cn1. The maximum absolute atomic E-state index is 12.2. The van der Waals surface area contributed by atoms with Crippen LogP contribution in [0.5, 0.6) is 0 Å². The highest BCUT2D eigenvalue weighted by molar-refractivity contribution is 9.10. The average Bonchev–Trinajstić information content (AvgIpc) is 2.48. The van der Waals surface area contributed by atoms with Gasteiger partial charge in [-0.05, 0) is 36.8 Å². The zero-order chi connectivity index (χ0) is 17.0. The summed E-state index contributed by atoms with van der Waals surface area (Å²) in [5.74, 6) is -0.672. The number of carbonyl (C=O) groups excluding carboxylic acids is 1. The summed E-state index contributed by atoms with van der Waals surface area (Å²) in [7, 11) is -4.04. The predicted molar refractivity (Wildman–Crippen MR) is 86.9 cm³/mol. The number of nitriles is 1. The standard InChI is InChI=1S/C15H12BrN3O3S/c1-10-2-3-11(9-18-10)6-15(20)19-23(21,22)14-5-12(8-17)4-13(16)7-14/h2-5,7,9H,6H2,1H3,(H,19,20). The van der Waals surface area contributed by atoms with E-state index >= 15 is 0 Å². The molecule has 0 bridgehead atoms. The molecule has 0 saturated carbocycles. The van der Waals surface area contributed by atoms with Crippen molar-refractivity contribution in [3.05, 3.63) is 57.8 Å². The lowest BCUT2D eigenvalue weighted by molar-refractivity contribution is -0.118. The molecule has 23 heavy (non-hydrogen) atoms. The summed E-state index contributed by atoms with van der Waals surface area (Å²) in [6.45, 7) is 1.81. The second kappa shape index (κ2) is 6.89. The molecule has 0 aliphatic rings. The van der Waals surface area contributed by atoms with E-state index in [0.29, 0.717) is 10.0 Å². The molecular weight excluding hydrogens is 382 g/mol. The van der Waals surface area contributed by atoms with Crippen molar-refractivity contribution in [2.75, 3.05) is 0 Å². The van der Waals surface area contributed by atoms with E-state index in [1.165, 1.54) is 24.4 Å². The van der Waals surface area contributed by atoms with E-state index in [9.17, 15) is 13.2 Å². The molecule has 0 spiro atoms. The Kier molecular flexibility index (Phi) is 5.13. The minimum atomic E-state index is -4.04. The highest BCUT2D eigenvalue weighted by Crippen LogP contribution is 2.19. The molecule has 1 aromatic heterocycles. The van der Waals surface area contributed by atoms with E-state index in [4.69, 9.17) is 5.26 Å². The van der Waals surface area contributed by atoms with Crippen LogP contribution in [-0.2, 0) is 21.2 Å². The van der Waals surface area contributed by atoms with Crippen molar-refractivity contribution in [3.8, 4) is 6.07 Å². The zero-order valence-electron chi connectivity index (χ0n) is 12.1. The Labute approximate surface area is 142 Å². The molecule has 2 rings (SSSR count). The van der Waals surface area contributed by atoms with Crippen LogP contribution in [0.4, 0.5) is 0 Å². The molecule has 1 N–H and O–H groups in total. The fraction of sp³-hybridized carbons (Fsp3) is 0.133.